The molecule has 0 amide bonds. The summed E-state index contributed by atoms with van der Waals surface area (Å²) in [5.74, 6) is 1.87. The minimum atomic E-state index is 0.0369. The molecular formula is C21H22N4O2. The van der Waals surface area contributed by atoms with Crippen LogP contribution in [0.3, 0.4) is 0 Å². The Morgan fingerprint density at radius 3 is 2.81 bits per heavy atom. The van der Waals surface area contributed by atoms with E-state index in [1.165, 1.54) is 0 Å². The van der Waals surface area contributed by atoms with Crippen LogP contribution in [0.2, 0.25) is 0 Å². The third-order valence-corrected chi connectivity index (χ3v) is 4.47. The Labute approximate surface area is 158 Å². The molecule has 1 aromatic carbocycles. The number of hydrogen-bond donors (Lipinski definition) is 1. The van der Waals surface area contributed by atoms with E-state index in [4.69, 9.17) is 9.47 Å². The molecule has 4 rings (SSSR count). The molecule has 138 valence electrons. The maximum atomic E-state index is 5.91. The van der Waals surface area contributed by atoms with E-state index in [1.807, 2.05) is 55.6 Å². The van der Waals surface area contributed by atoms with Crippen LogP contribution in [0.15, 0.2) is 60.9 Å². The molecule has 6 heteroatoms. The first kappa shape index (κ1) is 17.4. The van der Waals surface area contributed by atoms with Crippen molar-refractivity contribution in [1.29, 1.82) is 0 Å². The van der Waals surface area contributed by atoms with Gasteiger partial charge in [-0.2, -0.15) is 4.98 Å². The third-order valence-electron chi connectivity index (χ3n) is 4.47. The maximum Gasteiger partial charge on any atom is 0.226 e. The van der Waals surface area contributed by atoms with Crippen molar-refractivity contribution in [2.45, 2.75) is 31.9 Å². The second kappa shape index (κ2) is 8.14. The summed E-state index contributed by atoms with van der Waals surface area (Å²) in [7, 11) is 0. The molecule has 3 aromatic rings. The number of ether oxygens (including phenoxy) is 2. The smallest absolute Gasteiger partial charge is 0.226 e. The van der Waals surface area contributed by atoms with Gasteiger partial charge in [-0.25, -0.2) is 4.98 Å². The average Bonchev–Trinajstić information content (AvgIpc) is 2.69. The first-order chi connectivity index (χ1) is 13.3. The highest BCUT2D eigenvalue weighted by Crippen LogP contribution is 2.29. The second-order valence-electron chi connectivity index (χ2n) is 6.60. The van der Waals surface area contributed by atoms with Crippen LogP contribution in [-0.2, 0) is 4.74 Å². The number of anilines is 1. The topological polar surface area (TPSA) is 69.2 Å². The number of benzene rings is 1. The van der Waals surface area contributed by atoms with Gasteiger partial charge in [0, 0.05) is 36.8 Å². The minimum Gasteiger partial charge on any atom is -0.439 e. The van der Waals surface area contributed by atoms with Crippen LogP contribution in [-0.4, -0.2) is 27.6 Å². The molecule has 0 saturated carbocycles. The van der Waals surface area contributed by atoms with Crippen LogP contribution in [0.1, 0.15) is 30.2 Å². The maximum absolute atomic E-state index is 5.91. The molecule has 6 nitrogen and oxygen atoms in total. The van der Waals surface area contributed by atoms with Crippen LogP contribution in [0.4, 0.5) is 5.95 Å². The number of para-hydroxylation sites is 1. The average molecular weight is 362 g/mol. The van der Waals surface area contributed by atoms with E-state index >= 15 is 0 Å². The van der Waals surface area contributed by atoms with E-state index in [0.29, 0.717) is 18.4 Å². The van der Waals surface area contributed by atoms with E-state index in [-0.39, 0.29) is 12.1 Å². The van der Waals surface area contributed by atoms with Gasteiger partial charge in [-0.15, -0.1) is 0 Å². The van der Waals surface area contributed by atoms with E-state index in [2.05, 4.69) is 26.3 Å². The lowest BCUT2D eigenvalue weighted by atomic mass is 9.99. The third kappa shape index (κ3) is 4.60. The van der Waals surface area contributed by atoms with Gasteiger partial charge in [-0.3, -0.25) is 4.98 Å². The fraction of sp³-hybridized carbons (Fsp3) is 0.286. The lowest BCUT2D eigenvalue weighted by Gasteiger charge is -2.30. The number of nitrogens with zero attached hydrogens (tertiary/aromatic N) is 3. The van der Waals surface area contributed by atoms with Gasteiger partial charge in [-0.1, -0.05) is 24.3 Å². The van der Waals surface area contributed by atoms with E-state index in [9.17, 15) is 0 Å². The Hall–Kier alpha value is -2.99. The van der Waals surface area contributed by atoms with Gasteiger partial charge in [-0.05, 0) is 43.5 Å². The molecule has 0 aliphatic carbocycles. The molecule has 1 aliphatic rings. The molecule has 1 fully saturated rings. The number of aryl methyl sites for hydroxylation is 1. The zero-order valence-corrected chi connectivity index (χ0v) is 15.2. The van der Waals surface area contributed by atoms with Crippen molar-refractivity contribution in [3.8, 4) is 11.6 Å². The monoisotopic (exact) mass is 362 g/mol. The summed E-state index contributed by atoms with van der Waals surface area (Å²) in [5.41, 5.74) is 1.96. The van der Waals surface area contributed by atoms with Crippen LogP contribution < -0.4 is 10.1 Å². The summed E-state index contributed by atoms with van der Waals surface area (Å²) in [5, 5.41) is 3.44. The van der Waals surface area contributed by atoms with Crippen LogP contribution in [0.25, 0.3) is 0 Å². The Morgan fingerprint density at radius 2 is 2.00 bits per heavy atom. The highest BCUT2D eigenvalue weighted by atomic mass is 16.5. The van der Waals surface area contributed by atoms with Gasteiger partial charge >= 0.3 is 0 Å². The Morgan fingerprint density at radius 1 is 1.11 bits per heavy atom. The summed E-state index contributed by atoms with van der Waals surface area (Å²) in [6.07, 6.45) is 5.43. The van der Waals surface area contributed by atoms with Gasteiger partial charge in [0.25, 0.3) is 0 Å². The van der Waals surface area contributed by atoms with Crippen molar-refractivity contribution in [2.75, 3.05) is 11.9 Å². The Bertz CT molecular complexity index is 874. The van der Waals surface area contributed by atoms with Crippen LogP contribution >= 0.6 is 0 Å². The van der Waals surface area contributed by atoms with Crippen molar-refractivity contribution >= 4 is 5.95 Å². The molecule has 1 N–H and O–H groups in total. The predicted molar refractivity (Wildman–Crippen MR) is 103 cm³/mol. The van der Waals surface area contributed by atoms with Gasteiger partial charge in [0.2, 0.25) is 11.8 Å². The van der Waals surface area contributed by atoms with Gasteiger partial charge in [0.1, 0.15) is 5.75 Å². The van der Waals surface area contributed by atoms with Gasteiger partial charge in [0.15, 0.2) is 0 Å². The number of nitrogens with one attached hydrogen (secondary N) is 1. The summed E-state index contributed by atoms with van der Waals surface area (Å²) in [6.45, 7) is 2.63. The largest absolute Gasteiger partial charge is 0.439 e. The Kier molecular flexibility index (Phi) is 5.25. The molecular weight excluding hydrogens is 340 g/mol. The fourth-order valence-electron chi connectivity index (χ4n) is 3.18. The number of hydrogen-bond acceptors (Lipinski definition) is 6. The molecule has 0 spiro atoms. The predicted octanol–water partition coefficient (Wildman–Crippen LogP) is 4.30. The molecule has 1 saturated heterocycles. The van der Waals surface area contributed by atoms with Crippen LogP contribution in [0.5, 0.6) is 11.6 Å². The van der Waals surface area contributed by atoms with Crippen molar-refractivity contribution < 1.29 is 9.47 Å². The first-order valence-corrected chi connectivity index (χ1v) is 9.13. The summed E-state index contributed by atoms with van der Waals surface area (Å²) >= 11 is 0. The van der Waals surface area contributed by atoms with E-state index in [0.717, 1.165) is 29.8 Å². The number of pyridine rings is 1. The molecule has 0 bridgehead atoms. The quantitative estimate of drug-likeness (QED) is 0.730. The summed E-state index contributed by atoms with van der Waals surface area (Å²) < 4.78 is 11.8. The van der Waals surface area contributed by atoms with Crippen molar-refractivity contribution in [1.82, 2.24) is 15.0 Å². The molecule has 2 atom stereocenters. The van der Waals surface area contributed by atoms with Crippen molar-refractivity contribution in [3.05, 3.63) is 72.2 Å². The summed E-state index contributed by atoms with van der Waals surface area (Å²) in [4.78, 5) is 13.2. The second-order valence-corrected chi connectivity index (χ2v) is 6.60. The van der Waals surface area contributed by atoms with Crippen molar-refractivity contribution in [2.24, 2.45) is 0 Å². The number of rotatable bonds is 5. The fourth-order valence-corrected chi connectivity index (χ4v) is 3.18. The highest BCUT2D eigenvalue weighted by Gasteiger charge is 2.24. The molecule has 3 heterocycles. The SMILES string of the molecule is Cc1cc(Oc2ccccc2)nc(N[C@@H]2CCO[C@@H](c3cccnc3)C2)n1. The zero-order chi connectivity index (χ0) is 18.5. The van der Waals surface area contributed by atoms with E-state index < -0.39 is 0 Å². The minimum absolute atomic E-state index is 0.0369. The lowest BCUT2D eigenvalue weighted by molar-refractivity contribution is 0.00949. The van der Waals surface area contributed by atoms with Crippen molar-refractivity contribution in [3.63, 3.8) is 0 Å². The molecule has 0 radical (unpaired) electrons. The molecule has 2 aromatic heterocycles. The first-order valence-electron chi connectivity index (χ1n) is 9.13. The molecule has 1 aliphatic heterocycles. The Balaban J connectivity index is 1.45. The standard InChI is InChI=1S/C21H22N4O2/c1-15-12-20(27-18-7-3-2-4-8-18)25-21(23-15)24-17-9-11-26-19(13-17)16-6-5-10-22-14-16/h2-8,10,12,14,17,19H,9,11,13H2,1H3,(H,23,24,25)/t17-,19-/m1/s1. The van der Waals surface area contributed by atoms with Gasteiger partial charge in [0.05, 0.1) is 6.10 Å². The van der Waals surface area contributed by atoms with E-state index in [1.54, 1.807) is 6.20 Å². The molecule has 27 heavy (non-hydrogen) atoms. The summed E-state index contributed by atoms with van der Waals surface area (Å²) in [6, 6.07) is 15.7. The number of aromatic nitrogens is 3. The van der Waals surface area contributed by atoms with Crippen LogP contribution in [0, 0.1) is 6.92 Å². The van der Waals surface area contributed by atoms with Gasteiger partial charge < -0.3 is 14.8 Å². The normalized spacial score (nSPS) is 19.4. The lowest BCUT2D eigenvalue weighted by Crippen LogP contribution is -2.30. The molecule has 0 unspecified atom stereocenters. The highest BCUT2D eigenvalue weighted by molar-refractivity contribution is 5.34. The zero-order valence-electron chi connectivity index (χ0n) is 15.2.